The molecule has 0 fully saturated rings. The molecule has 0 saturated carbocycles. The van der Waals surface area contributed by atoms with Gasteiger partial charge in [-0.15, -0.1) is 0 Å². The lowest BCUT2D eigenvalue weighted by molar-refractivity contribution is 0.0698. The van der Waals surface area contributed by atoms with Gasteiger partial charge < -0.3 is 9.67 Å². The fraction of sp³-hybridized carbons (Fsp3) is 0.474. The highest BCUT2D eigenvalue weighted by Gasteiger charge is 2.23. The van der Waals surface area contributed by atoms with E-state index in [9.17, 15) is 14.7 Å². The third-order valence-corrected chi connectivity index (χ3v) is 4.42. The van der Waals surface area contributed by atoms with Crippen LogP contribution < -0.4 is 0 Å². The number of benzene rings is 1. The summed E-state index contributed by atoms with van der Waals surface area (Å²) in [4.78, 5) is 24.0. The number of aromatic carboxylic acids is 1. The summed E-state index contributed by atoms with van der Waals surface area (Å²) in [5.74, 6) is -0.751. The summed E-state index contributed by atoms with van der Waals surface area (Å²) in [5, 5.41) is 10.5. The van der Waals surface area contributed by atoms with Gasteiger partial charge in [-0.3, -0.25) is 4.79 Å². The first-order valence-corrected chi connectivity index (χ1v) is 8.20. The molecule has 0 saturated heterocycles. The number of hydrogen-bond acceptors (Lipinski definition) is 2. The zero-order valence-electron chi connectivity index (χ0n) is 14.6. The number of Topliss-reactive ketones (excluding diaryl/α,β-unsaturated/α-hetero) is 1. The Bertz CT molecular complexity index is 769. The Labute approximate surface area is 137 Å². The van der Waals surface area contributed by atoms with E-state index in [1.165, 1.54) is 0 Å². The topological polar surface area (TPSA) is 59.3 Å². The Hall–Kier alpha value is -2.10. The number of unbranched alkanes of at least 4 members (excludes halogenated alkanes) is 1. The second kappa shape index (κ2) is 6.57. The van der Waals surface area contributed by atoms with Gasteiger partial charge in [-0.1, -0.05) is 27.2 Å². The summed E-state index contributed by atoms with van der Waals surface area (Å²) in [6.07, 6.45) is 1.97. The van der Waals surface area contributed by atoms with Crippen LogP contribution in [0.5, 0.6) is 0 Å². The Morgan fingerprint density at radius 1 is 1.26 bits per heavy atom. The summed E-state index contributed by atoms with van der Waals surface area (Å²) in [6, 6.07) is 3.74. The number of aryl methyl sites for hydroxylation is 1. The minimum Gasteiger partial charge on any atom is -0.478 e. The lowest BCUT2D eigenvalue weighted by Gasteiger charge is -2.12. The van der Waals surface area contributed by atoms with Gasteiger partial charge in [0, 0.05) is 23.2 Å². The van der Waals surface area contributed by atoms with Crippen molar-refractivity contribution in [3.63, 3.8) is 0 Å². The van der Waals surface area contributed by atoms with E-state index in [-0.39, 0.29) is 17.3 Å². The molecule has 4 nitrogen and oxygen atoms in total. The van der Waals surface area contributed by atoms with E-state index < -0.39 is 5.97 Å². The third-order valence-electron chi connectivity index (χ3n) is 4.42. The van der Waals surface area contributed by atoms with Crippen molar-refractivity contribution in [1.29, 1.82) is 0 Å². The molecular formula is C19H25NO3. The highest BCUT2D eigenvalue weighted by Crippen LogP contribution is 2.33. The minimum absolute atomic E-state index is 0.0139. The summed E-state index contributed by atoms with van der Waals surface area (Å²) < 4.78 is 2.00. The Morgan fingerprint density at radius 3 is 2.39 bits per heavy atom. The second-order valence-corrected chi connectivity index (χ2v) is 6.45. The van der Waals surface area contributed by atoms with Crippen LogP contribution in [0.3, 0.4) is 0 Å². The number of nitrogens with zero attached hydrogens (tertiary/aromatic N) is 1. The fourth-order valence-corrected chi connectivity index (χ4v) is 3.17. The number of ketones is 1. The SMILES string of the molecule is CCCCn1c(C)c(C(C)=O)c2cc(C(C)C)cc(C(=O)O)c21. The molecule has 0 atom stereocenters. The van der Waals surface area contributed by atoms with Crippen LogP contribution in [0.4, 0.5) is 0 Å². The average molecular weight is 315 g/mol. The van der Waals surface area contributed by atoms with Gasteiger partial charge in [0.25, 0.3) is 0 Å². The molecule has 2 rings (SSSR count). The van der Waals surface area contributed by atoms with Crippen molar-refractivity contribution >= 4 is 22.7 Å². The fourth-order valence-electron chi connectivity index (χ4n) is 3.17. The molecule has 1 aromatic heterocycles. The average Bonchev–Trinajstić information content (AvgIpc) is 2.75. The molecule has 0 amide bonds. The lowest BCUT2D eigenvalue weighted by Crippen LogP contribution is -2.06. The normalized spacial score (nSPS) is 11.4. The number of fused-ring (bicyclic) bond motifs is 1. The molecule has 4 heteroatoms. The van der Waals surface area contributed by atoms with Crippen LogP contribution in [0.1, 0.15) is 78.4 Å². The zero-order chi connectivity index (χ0) is 17.3. The molecular weight excluding hydrogens is 290 g/mol. The van der Waals surface area contributed by atoms with Gasteiger partial charge in [0.1, 0.15) is 0 Å². The van der Waals surface area contributed by atoms with E-state index in [2.05, 4.69) is 6.92 Å². The van der Waals surface area contributed by atoms with Crippen LogP contribution in [0.15, 0.2) is 12.1 Å². The van der Waals surface area contributed by atoms with Crippen LogP contribution in [0.25, 0.3) is 10.9 Å². The summed E-state index contributed by atoms with van der Waals surface area (Å²) in [7, 11) is 0. The molecule has 0 aliphatic carbocycles. The van der Waals surface area contributed by atoms with Crippen molar-refractivity contribution in [3.8, 4) is 0 Å². The summed E-state index contributed by atoms with van der Waals surface area (Å²) in [6.45, 7) is 10.3. The van der Waals surface area contributed by atoms with Gasteiger partial charge in [0.05, 0.1) is 11.1 Å². The number of hydrogen-bond donors (Lipinski definition) is 1. The van der Waals surface area contributed by atoms with Crippen molar-refractivity contribution < 1.29 is 14.7 Å². The van der Waals surface area contributed by atoms with Gasteiger partial charge in [0.2, 0.25) is 0 Å². The van der Waals surface area contributed by atoms with Gasteiger partial charge in [-0.25, -0.2) is 4.79 Å². The van der Waals surface area contributed by atoms with E-state index in [0.717, 1.165) is 36.0 Å². The first-order valence-electron chi connectivity index (χ1n) is 8.20. The highest BCUT2D eigenvalue weighted by atomic mass is 16.4. The number of aromatic nitrogens is 1. The first-order chi connectivity index (χ1) is 10.8. The van der Waals surface area contributed by atoms with Crippen LogP contribution in [-0.4, -0.2) is 21.4 Å². The Morgan fingerprint density at radius 2 is 1.91 bits per heavy atom. The number of carboxylic acids is 1. The standard InChI is InChI=1S/C19H25NO3/c1-6-7-8-20-12(4)17(13(5)21)15-9-14(11(2)3)10-16(18(15)20)19(22)23/h9-11H,6-8H2,1-5H3,(H,22,23). The number of rotatable bonds is 6. The molecule has 0 spiro atoms. The maximum Gasteiger partial charge on any atom is 0.337 e. The van der Waals surface area contributed by atoms with Crippen LogP contribution >= 0.6 is 0 Å². The molecule has 0 aliphatic rings. The predicted molar refractivity (Wildman–Crippen MR) is 92.6 cm³/mol. The summed E-state index contributed by atoms with van der Waals surface area (Å²) >= 11 is 0. The maximum atomic E-state index is 12.2. The van der Waals surface area contributed by atoms with E-state index in [4.69, 9.17) is 0 Å². The number of carboxylic acid groups (broad SMARTS) is 1. The van der Waals surface area contributed by atoms with Crippen molar-refractivity contribution in [1.82, 2.24) is 4.57 Å². The molecule has 1 aromatic carbocycles. The molecule has 0 unspecified atom stereocenters. The zero-order valence-corrected chi connectivity index (χ0v) is 14.6. The molecule has 23 heavy (non-hydrogen) atoms. The van der Waals surface area contributed by atoms with Crippen molar-refractivity contribution in [2.24, 2.45) is 0 Å². The lowest BCUT2D eigenvalue weighted by atomic mass is 9.96. The van der Waals surface area contributed by atoms with Crippen LogP contribution in [0, 0.1) is 6.92 Å². The second-order valence-electron chi connectivity index (χ2n) is 6.45. The van der Waals surface area contributed by atoms with E-state index >= 15 is 0 Å². The first kappa shape index (κ1) is 17.3. The predicted octanol–water partition coefficient (Wildman–Crippen LogP) is 4.77. The smallest absolute Gasteiger partial charge is 0.337 e. The van der Waals surface area contributed by atoms with E-state index in [1.54, 1.807) is 13.0 Å². The largest absolute Gasteiger partial charge is 0.478 e. The third kappa shape index (κ3) is 3.03. The monoisotopic (exact) mass is 315 g/mol. The van der Waals surface area contributed by atoms with Gasteiger partial charge in [-0.05, 0) is 43.9 Å². The molecule has 1 heterocycles. The number of carbonyl (C=O) groups excluding carboxylic acids is 1. The molecule has 0 aliphatic heterocycles. The van der Waals surface area contributed by atoms with E-state index in [0.29, 0.717) is 11.1 Å². The minimum atomic E-state index is -0.942. The van der Waals surface area contributed by atoms with Gasteiger partial charge in [-0.2, -0.15) is 0 Å². The van der Waals surface area contributed by atoms with E-state index in [1.807, 2.05) is 31.4 Å². The van der Waals surface area contributed by atoms with Crippen LogP contribution in [0.2, 0.25) is 0 Å². The quantitative estimate of drug-likeness (QED) is 0.781. The molecule has 1 N–H and O–H groups in total. The van der Waals surface area contributed by atoms with Crippen molar-refractivity contribution in [2.45, 2.75) is 59.9 Å². The molecule has 0 radical (unpaired) electrons. The molecule has 0 bridgehead atoms. The molecule has 124 valence electrons. The van der Waals surface area contributed by atoms with Gasteiger partial charge >= 0.3 is 5.97 Å². The van der Waals surface area contributed by atoms with Crippen molar-refractivity contribution in [3.05, 3.63) is 34.5 Å². The Kier molecular flexibility index (Phi) is 4.93. The molecule has 2 aromatic rings. The Balaban J connectivity index is 2.92. The number of carbonyl (C=O) groups is 2. The van der Waals surface area contributed by atoms with Gasteiger partial charge in [0.15, 0.2) is 5.78 Å². The van der Waals surface area contributed by atoms with Crippen LogP contribution in [-0.2, 0) is 6.54 Å². The highest BCUT2D eigenvalue weighted by molar-refractivity contribution is 6.13. The van der Waals surface area contributed by atoms with Crippen molar-refractivity contribution in [2.75, 3.05) is 0 Å². The maximum absolute atomic E-state index is 12.2. The summed E-state index contributed by atoms with van der Waals surface area (Å²) in [5.41, 5.74) is 3.44.